The van der Waals surface area contributed by atoms with Gasteiger partial charge in [-0.2, -0.15) is 0 Å². The number of piperidine rings is 1. The summed E-state index contributed by atoms with van der Waals surface area (Å²) in [6, 6.07) is 0. The Bertz CT molecular complexity index is 439. The van der Waals surface area contributed by atoms with Crippen molar-refractivity contribution in [3.8, 4) is 0 Å². The van der Waals surface area contributed by atoms with Crippen LogP contribution in [0, 0.1) is 5.92 Å². The van der Waals surface area contributed by atoms with Crippen LogP contribution in [-0.2, 0) is 9.53 Å². The van der Waals surface area contributed by atoms with Crippen molar-refractivity contribution in [3.63, 3.8) is 0 Å². The van der Waals surface area contributed by atoms with Crippen molar-refractivity contribution in [3.05, 3.63) is 0 Å². The molecule has 0 aliphatic carbocycles. The van der Waals surface area contributed by atoms with Crippen LogP contribution in [0.15, 0.2) is 0 Å². The van der Waals surface area contributed by atoms with Gasteiger partial charge in [0, 0.05) is 36.9 Å². The molecule has 0 N–H and O–H groups in total. The van der Waals surface area contributed by atoms with Crippen LogP contribution in [0.1, 0.15) is 47.0 Å². The smallest absolute Gasteiger partial charge is 0.410 e. The van der Waals surface area contributed by atoms with E-state index >= 15 is 0 Å². The molecule has 2 aliphatic heterocycles. The quantitative estimate of drug-likeness (QED) is 0.698. The Morgan fingerprint density at radius 3 is 2.41 bits per heavy atom. The predicted molar refractivity (Wildman–Crippen MR) is 89.1 cm³/mol. The maximum atomic E-state index is 12.3. The third-order valence-electron chi connectivity index (χ3n) is 4.57. The van der Waals surface area contributed by atoms with Crippen LogP contribution in [0.5, 0.6) is 0 Å². The van der Waals surface area contributed by atoms with Crippen LogP contribution < -0.4 is 0 Å². The SMILES string of the molecule is CC(C)(C)OC(=O)N1CCC(C)(N2CC(CBr)CC2=O)CC1. The van der Waals surface area contributed by atoms with E-state index in [2.05, 4.69) is 22.9 Å². The molecule has 0 saturated carbocycles. The summed E-state index contributed by atoms with van der Waals surface area (Å²) in [6.45, 7) is 9.90. The Hall–Kier alpha value is -0.780. The molecule has 2 amide bonds. The fraction of sp³-hybridized carbons (Fsp3) is 0.875. The van der Waals surface area contributed by atoms with E-state index in [1.807, 2.05) is 25.7 Å². The van der Waals surface area contributed by atoms with Gasteiger partial charge in [-0.1, -0.05) is 15.9 Å². The van der Waals surface area contributed by atoms with E-state index in [1.165, 1.54) is 0 Å². The number of amides is 2. The molecule has 1 atom stereocenters. The van der Waals surface area contributed by atoms with Gasteiger partial charge in [0.15, 0.2) is 0 Å². The average molecular weight is 375 g/mol. The van der Waals surface area contributed by atoms with Crippen molar-refractivity contribution in [2.24, 2.45) is 5.92 Å². The van der Waals surface area contributed by atoms with Crippen LogP contribution in [0.4, 0.5) is 4.79 Å². The predicted octanol–water partition coefficient (Wildman–Crippen LogP) is 3.02. The fourth-order valence-corrected chi connectivity index (χ4v) is 3.61. The number of carbonyl (C=O) groups excluding carboxylic acids is 2. The average Bonchev–Trinajstić information content (AvgIpc) is 2.79. The zero-order valence-electron chi connectivity index (χ0n) is 14.0. The van der Waals surface area contributed by atoms with Gasteiger partial charge in [-0.25, -0.2) is 4.79 Å². The lowest BCUT2D eigenvalue weighted by molar-refractivity contribution is -0.134. The van der Waals surface area contributed by atoms with E-state index in [1.54, 1.807) is 4.90 Å². The molecular weight excluding hydrogens is 348 g/mol. The molecule has 0 bridgehead atoms. The molecule has 2 aliphatic rings. The van der Waals surface area contributed by atoms with Crippen LogP contribution in [-0.4, -0.2) is 57.9 Å². The van der Waals surface area contributed by atoms with Gasteiger partial charge in [-0.05, 0) is 46.5 Å². The summed E-state index contributed by atoms with van der Waals surface area (Å²) >= 11 is 3.48. The van der Waals surface area contributed by atoms with Gasteiger partial charge in [0.05, 0.1) is 0 Å². The van der Waals surface area contributed by atoms with Gasteiger partial charge >= 0.3 is 6.09 Å². The van der Waals surface area contributed by atoms with E-state index in [-0.39, 0.29) is 17.5 Å². The van der Waals surface area contributed by atoms with E-state index in [9.17, 15) is 9.59 Å². The maximum absolute atomic E-state index is 12.3. The molecule has 2 fully saturated rings. The topological polar surface area (TPSA) is 49.9 Å². The zero-order chi connectivity index (χ0) is 16.5. The minimum Gasteiger partial charge on any atom is -0.444 e. The number of halogens is 1. The van der Waals surface area contributed by atoms with Crippen LogP contribution in [0.3, 0.4) is 0 Å². The lowest BCUT2D eigenvalue weighted by Crippen LogP contribution is -2.55. The van der Waals surface area contributed by atoms with Gasteiger partial charge in [-0.15, -0.1) is 0 Å². The maximum Gasteiger partial charge on any atom is 0.410 e. The Labute approximate surface area is 141 Å². The van der Waals surface area contributed by atoms with Crippen molar-refractivity contribution in [2.75, 3.05) is 25.0 Å². The van der Waals surface area contributed by atoms with E-state index in [0.717, 1.165) is 24.7 Å². The summed E-state index contributed by atoms with van der Waals surface area (Å²) in [5.74, 6) is 0.658. The minimum absolute atomic E-state index is 0.132. The Balaban J connectivity index is 1.93. The standard InChI is InChI=1S/C16H27BrN2O3/c1-15(2,3)22-14(21)18-7-5-16(4,6-8-18)19-11-12(10-17)9-13(19)20/h12H,5-11H2,1-4H3. The molecule has 2 rings (SSSR count). The summed E-state index contributed by atoms with van der Waals surface area (Å²) < 4.78 is 5.43. The molecule has 22 heavy (non-hydrogen) atoms. The first-order valence-corrected chi connectivity index (χ1v) is 9.11. The van der Waals surface area contributed by atoms with Gasteiger partial charge in [-0.3, -0.25) is 4.79 Å². The number of hydrogen-bond donors (Lipinski definition) is 0. The lowest BCUT2D eigenvalue weighted by atomic mass is 9.88. The van der Waals surface area contributed by atoms with Gasteiger partial charge in [0.1, 0.15) is 5.60 Å². The highest BCUT2D eigenvalue weighted by atomic mass is 79.9. The van der Waals surface area contributed by atoms with Crippen LogP contribution >= 0.6 is 15.9 Å². The number of carbonyl (C=O) groups is 2. The molecule has 0 aromatic rings. The minimum atomic E-state index is -0.466. The Morgan fingerprint density at radius 1 is 1.36 bits per heavy atom. The molecule has 6 heteroatoms. The molecular formula is C16H27BrN2O3. The zero-order valence-corrected chi connectivity index (χ0v) is 15.6. The van der Waals surface area contributed by atoms with Crippen molar-refractivity contribution in [1.82, 2.24) is 9.80 Å². The molecule has 126 valence electrons. The summed E-state index contributed by atoms with van der Waals surface area (Å²) in [5.41, 5.74) is -0.599. The van der Waals surface area contributed by atoms with Crippen molar-refractivity contribution in [1.29, 1.82) is 0 Å². The first kappa shape index (κ1) is 17.6. The second-order valence-corrected chi connectivity index (χ2v) is 8.34. The van der Waals surface area contributed by atoms with E-state index in [0.29, 0.717) is 25.4 Å². The molecule has 1 unspecified atom stereocenters. The van der Waals surface area contributed by atoms with Crippen molar-refractivity contribution >= 4 is 27.9 Å². The first-order chi connectivity index (χ1) is 10.1. The normalized spacial score (nSPS) is 25.5. The summed E-state index contributed by atoms with van der Waals surface area (Å²) in [6.07, 6.45) is 2.01. The number of likely N-dealkylation sites (tertiary alicyclic amines) is 2. The largest absolute Gasteiger partial charge is 0.444 e. The fourth-order valence-electron chi connectivity index (χ4n) is 3.17. The van der Waals surface area contributed by atoms with E-state index in [4.69, 9.17) is 4.74 Å². The molecule has 0 radical (unpaired) electrons. The van der Waals surface area contributed by atoms with Crippen molar-refractivity contribution in [2.45, 2.75) is 58.1 Å². The lowest BCUT2D eigenvalue weighted by Gasteiger charge is -2.45. The number of hydrogen-bond acceptors (Lipinski definition) is 3. The Kier molecular flexibility index (Phi) is 5.09. The number of rotatable bonds is 2. The molecule has 0 spiro atoms. The number of alkyl halides is 1. The molecule has 0 aromatic heterocycles. The summed E-state index contributed by atoms with van der Waals surface area (Å²) in [4.78, 5) is 28.2. The Morgan fingerprint density at radius 2 is 1.95 bits per heavy atom. The third kappa shape index (κ3) is 3.94. The highest BCUT2D eigenvalue weighted by Crippen LogP contribution is 2.34. The first-order valence-electron chi connectivity index (χ1n) is 7.99. The van der Waals surface area contributed by atoms with Gasteiger partial charge < -0.3 is 14.5 Å². The highest BCUT2D eigenvalue weighted by molar-refractivity contribution is 9.09. The van der Waals surface area contributed by atoms with Crippen LogP contribution in [0.25, 0.3) is 0 Å². The molecule has 2 saturated heterocycles. The van der Waals surface area contributed by atoms with Crippen LogP contribution in [0.2, 0.25) is 0 Å². The third-order valence-corrected chi connectivity index (χ3v) is 5.48. The van der Waals surface area contributed by atoms with E-state index < -0.39 is 5.60 Å². The van der Waals surface area contributed by atoms with Gasteiger partial charge in [0.25, 0.3) is 0 Å². The molecule has 2 heterocycles. The molecule has 5 nitrogen and oxygen atoms in total. The van der Waals surface area contributed by atoms with Gasteiger partial charge in [0.2, 0.25) is 5.91 Å². The molecule has 0 aromatic carbocycles. The number of nitrogens with zero attached hydrogens (tertiary/aromatic N) is 2. The monoisotopic (exact) mass is 374 g/mol. The second-order valence-electron chi connectivity index (χ2n) is 7.69. The van der Waals surface area contributed by atoms with Crippen molar-refractivity contribution < 1.29 is 14.3 Å². The second kappa shape index (κ2) is 6.38. The number of ether oxygens (including phenoxy) is 1. The highest BCUT2D eigenvalue weighted by Gasteiger charge is 2.43. The summed E-state index contributed by atoms with van der Waals surface area (Å²) in [5, 5.41) is 0.870. The summed E-state index contributed by atoms with van der Waals surface area (Å²) in [7, 11) is 0.